The lowest BCUT2D eigenvalue weighted by Crippen LogP contribution is -2.48. The second-order valence-electron chi connectivity index (χ2n) is 6.94. The molecule has 1 N–H and O–H groups in total. The fraction of sp³-hybridized carbons (Fsp3) is 0.238. The largest absolute Gasteiger partial charge is 0.336 e. The normalized spacial score (nSPS) is 15.1. The Morgan fingerprint density at radius 1 is 0.929 bits per heavy atom. The molecule has 1 aliphatic heterocycles. The average molecular weight is 416 g/mol. The number of nitrogens with one attached hydrogen (secondary N) is 1. The van der Waals surface area contributed by atoms with Crippen LogP contribution in [0, 0.1) is 0 Å². The number of amides is 1. The molecule has 3 aromatic rings. The van der Waals surface area contributed by atoms with E-state index in [1.807, 2.05) is 29.2 Å². The molecule has 0 atom stereocenters. The third kappa shape index (κ3) is 4.07. The first kappa shape index (κ1) is 19.0. The fourth-order valence-corrected chi connectivity index (χ4v) is 3.80. The summed E-state index contributed by atoms with van der Waals surface area (Å²) in [6.45, 7) is 3.72. The van der Waals surface area contributed by atoms with Gasteiger partial charge in [0.15, 0.2) is 0 Å². The molecule has 5 nitrogen and oxygen atoms in total. The minimum absolute atomic E-state index is 0.0160. The number of hydrogen-bond donors (Lipinski definition) is 1. The molecule has 0 spiro atoms. The zero-order valence-corrected chi connectivity index (χ0v) is 16.6. The number of benzene rings is 2. The molecule has 0 radical (unpaired) electrons. The van der Waals surface area contributed by atoms with Crippen molar-refractivity contribution < 1.29 is 4.79 Å². The number of hydrogen-bond acceptors (Lipinski definition) is 3. The number of H-pyrrole nitrogens is 1. The van der Waals surface area contributed by atoms with Crippen LogP contribution in [0.25, 0.3) is 10.9 Å². The van der Waals surface area contributed by atoms with E-state index in [0.717, 1.165) is 36.1 Å². The number of aromatic nitrogens is 1. The first-order valence-electron chi connectivity index (χ1n) is 9.08. The third-order valence-corrected chi connectivity index (χ3v) is 5.76. The molecule has 0 aliphatic carbocycles. The Bertz CT molecular complexity index is 1090. The highest BCUT2D eigenvalue weighted by Crippen LogP contribution is 2.23. The molecule has 28 heavy (non-hydrogen) atoms. The van der Waals surface area contributed by atoms with Crippen LogP contribution in [0.3, 0.4) is 0 Å². The van der Waals surface area contributed by atoms with Gasteiger partial charge in [-0.15, -0.1) is 0 Å². The van der Waals surface area contributed by atoms with E-state index in [0.29, 0.717) is 28.7 Å². The highest BCUT2D eigenvalue weighted by atomic mass is 35.5. The SMILES string of the molecule is O=C(c1ccc2[nH]c(=O)ccc2c1)N1CCN(Cc2ccc(Cl)c(Cl)c2)CC1. The van der Waals surface area contributed by atoms with Crippen LogP contribution in [0.1, 0.15) is 15.9 Å². The summed E-state index contributed by atoms with van der Waals surface area (Å²) in [5.74, 6) is 0.0160. The summed E-state index contributed by atoms with van der Waals surface area (Å²) in [5.41, 5.74) is 2.33. The molecule has 1 aromatic heterocycles. The summed E-state index contributed by atoms with van der Waals surface area (Å²) in [4.78, 5) is 31.2. The first-order chi connectivity index (χ1) is 13.5. The fourth-order valence-electron chi connectivity index (χ4n) is 3.48. The predicted molar refractivity (Wildman–Crippen MR) is 112 cm³/mol. The van der Waals surface area contributed by atoms with Crippen LogP contribution in [-0.2, 0) is 6.54 Å². The monoisotopic (exact) mass is 415 g/mol. The molecule has 0 bridgehead atoms. The van der Waals surface area contributed by atoms with E-state index in [-0.39, 0.29) is 11.5 Å². The van der Waals surface area contributed by atoms with Crippen LogP contribution < -0.4 is 5.56 Å². The number of piperazine rings is 1. The second-order valence-corrected chi connectivity index (χ2v) is 7.76. The van der Waals surface area contributed by atoms with E-state index >= 15 is 0 Å². The van der Waals surface area contributed by atoms with Crippen LogP contribution in [-0.4, -0.2) is 46.9 Å². The van der Waals surface area contributed by atoms with Crippen molar-refractivity contribution in [3.8, 4) is 0 Å². The molecule has 0 unspecified atom stereocenters. The Kier molecular flexibility index (Phi) is 5.40. The maximum absolute atomic E-state index is 12.9. The number of fused-ring (bicyclic) bond motifs is 1. The molecule has 2 aromatic carbocycles. The van der Waals surface area contributed by atoms with Gasteiger partial charge in [-0.1, -0.05) is 29.3 Å². The zero-order chi connectivity index (χ0) is 19.7. The summed E-state index contributed by atoms with van der Waals surface area (Å²) in [6, 6.07) is 14.3. The van der Waals surface area contributed by atoms with Crippen molar-refractivity contribution in [1.82, 2.24) is 14.8 Å². The highest BCUT2D eigenvalue weighted by Gasteiger charge is 2.22. The van der Waals surface area contributed by atoms with Gasteiger partial charge < -0.3 is 9.88 Å². The molecule has 1 aliphatic rings. The number of rotatable bonds is 3. The second kappa shape index (κ2) is 7.95. The summed E-state index contributed by atoms with van der Waals surface area (Å²) in [7, 11) is 0. The molecular weight excluding hydrogens is 397 g/mol. The molecule has 1 fully saturated rings. The van der Waals surface area contributed by atoms with Gasteiger partial charge in [-0.25, -0.2) is 0 Å². The quantitative estimate of drug-likeness (QED) is 0.707. The Hall–Kier alpha value is -2.34. The van der Waals surface area contributed by atoms with E-state index in [2.05, 4.69) is 9.88 Å². The summed E-state index contributed by atoms with van der Waals surface area (Å²) in [5, 5.41) is 1.97. The maximum Gasteiger partial charge on any atom is 0.253 e. The molecule has 2 heterocycles. The standard InChI is InChI=1S/C21H19Cl2N3O2/c22-17-4-1-14(11-18(17)23)13-25-7-9-26(10-8-25)21(28)16-2-5-19-15(12-16)3-6-20(27)24-19/h1-6,11-12H,7-10,13H2,(H,24,27). The van der Waals surface area contributed by atoms with Gasteiger partial charge in [0.25, 0.3) is 5.91 Å². The number of carbonyl (C=O) groups excluding carboxylic acids is 1. The van der Waals surface area contributed by atoms with Crippen molar-refractivity contribution in [3.63, 3.8) is 0 Å². The van der Waals surface area contributed by atoms with Crippen LogP contribution in [0.5, 0.6) is 0 Å². The molecule has 144 valence electrons. The van der Waals surface area contributed by atoms with Gasteiger partial charge in [0.1, 0.15) is 0 Å². The Balaban J connectivity index is 1.40. The number of aromatic amines is 1. The van der Waals surface area contributed by atoms with E-state index < -0.39 is 0 Å². The average Bonchev–Trinajstić information content (AvgIpc) is 2.70. The molecular formula is C21H19Cl2N3O2. The van der Waals surface area contributed by atoms with E-state index in [1.165, 1.54) is 6.07 Å². The van der Waals surface area contributed by atoms with E-state index in [1.54, 1.807) is 18.2 Å². The van der Waals surface area contributed by atoms with Crippen LogP contribution in [0.4, 0.5) is 0 Å². The number of halogens is 2. The van der Waals surface area contributed by atoms with Gasteiger partial charge in [0.2, 0.25) is 5.56 Å². The minimum Gasteiger partial charge on any atom is -0.336 e. The summed E-state index contributed by atoms with van der Waals surface area (Å²) in [6.07, 6.45) is 0. The molecule has 1 amide bonds. The molecule has 1 saturated heterocycles. The number of carbonyl (C=O) groups is 1. The van der Waals surface area contributed by atoms with E-state index in [9.17, 15) is 9.59 Å². The molecule has 4 rings (SSSR count). The van der Waals surface area contributed by atoms with Crippen molar-refractivity contribution in [2.45, 2.75) is 6.54 Å². The Morgan fingerprint density at radius 3 is 2.46 bits per heavy atom. The number of pyridine rings is 1. The lowest BCUT2D eigenvalue weighted by molar-refractivity contribution is 0.0628. The van der Waals surface area contributed by atoms with Crippen molar-refractivity contribution >= 4 is 40.0 Å². The van der Waals surface area contributed by atoms with Crippen molar-refractivity contribution in [1.29, 1.82) is 0 Å². The molecule has 7 heteroatoms. The van der Waals surface area contributed by atoms with Gasteiger partial charge >= 0.3 is 0 Å². The summed E-state index contributed by atoms with van der Waals surface area (Å²) < 4.78 is 0. The lowest BCUT2D eigenvalue weighted by Gasteiger charge is -2.34. The van der Waals surface area contributed by atoms with Gasteiger partial charge in [-0.2, -0.15) is 0 Å². The van der Waals surface area contributed by atoms with Crippen LogP contribution in [0.2, 0.25) is 10.0 Å². The van der Waals surface area contributed by atoms with Gasteiger partial charge in [0, 0.05) is 49.9 Å². The third-order valence-electron chi connectivity index (χ3n) is 5.02. The highest BCUT2D eigenvalue weighted by molar-refractivity contribution is 6.42. The smallest absolute Gasteiger partial charge is 0.253 e. The van der Waals surface area contributed by atoms with Crippen LogP contribution >= 0.6 is 23.2 Å². The van der Waals surface area contributed by atoms with Crippen molar-refractivity contribution in [2.75, 3.05) is 26.2 Å². The number of nitrogens with zero attached hydrogens (tertiary/aromatic N) is 2. The first-order valence-corrected chi connectivity index (χ1v) is 9.84. The van der Waals surface area contributed by atoms with Crippen LogP contribution in [0.15, 0.2) is 53.3 Å². The van der Waals surface area contributed by atoms with Gasteiger partial charge in [0.05, 0.1) is 10.0 Å². The van der Waals surface area contributed by atoms with Gasteiger partial charge in [-0.3, -0.25) is 14.5 Å². The van der Waals surface area contributed by atoms with Crippen molar-refractivity contribution in [3.05, 3.63) is 80.1 Å². The Morgan fingerprint density at radius 2 is 1.71 bits per heavy atom. The van der Waals surface area contributed by atoms with E-state index in [4.69, 9.17) is 23.2 Å². The summed E-state index contributed by atoms with van der Waals surface area (Å²) >= 11 is 12.1. The lowest BCUT2D eigenvalue weighted by atomic mass is 10.1. The molecule has 0 saturated carbocycles. The predicted octanol–water partition coefficient (Wildman–Crippen LogP) is 3.79. The Labute approximate surface area is 172 Å². The van der Waals surface area contributed by atoms with Crippen molar-refractivity contribution in [2.24, 2.45) is 0 Å². The topological polar surface area (TPSA) is 56.4 Å². The maximum atomic E-state index is 12.9. The zero-order valence-electron chi connectivity index (χ0n) is 15.1. The van der Waals surface area contributed by atoms with Gasteiger partial charge in [-0.05, 0) is 47.3 Å². The minimum atomic E-state index is -0.148.